The maximum absolute atomic E-state index is 13.0. The van der Waals surface area contributed by atoms with E-state index in [1.807, 2.05) is 4.57 Å². The first-order chi connectivity index (χ1) is 8.70. The molecule has 1 fully saturated rings. The van der Waals surface area contributed by atoms with Crippen LogP contribution in [0.4, 0.5) is 4.39 Å². The van der Waals surface area contributed by atoms with Gasteiger partial charge in [0.25, 0.3) is 0 Å². The van der Waals surface area contributed by atoms with Gasteiger partial charge in [-0.1, -0.05) is 11.6 Å². The molecule has 1 N–H and O–H groups in total. The Morgan fingerprint density at radius 2 is 2.17 bits per heavy atom. The van der Waals surface area contributed by atoms with Crippen LogP contribution in [0.5, 0.6) is 0 Å². The summed E-state index contributed by atoms with van der Waals surface area (Å²) in [6.45, 7) is -0.164. The predicted molar refractivity (Wildman–Crippen MR) is 64.6 cm³/mol. The minimum atomic E-state index is -0.386. The third kappa shape index (κ3) is 1.89. The summed E-state index contributed by atoms with van der Waals surface area (Å²) in [5.74, 6) is 0.725. The van der Waals surface area contributed by atoms with Gasteiger partial charge in [-0.05, 0) is 31.0 Å². The predicted octanol–water partition coefficient (Wildman–Crippen LogP) is 2.56. The standard InChI is InChI=1S/C12H11ClFN3O/c13-10-5-7(14)1-4-9(10)12-16-15-11(6-18)17(12)8-2-3-8/h1,4-5,8,18H,2-3,6H2. The summed E-state index contributed by atoms with van der Waals surface area (Å²) in [4.78, 5) is 0. The lowest BCUT2D eigenvalue weighted by Crippen LogP contribution is -2.03. The van der Waals surface area contributed by atoms with Crippen molar-refractivity contribution in [1.29, 1.82) is 0 Å². The summed E-state index contributed by atoms with van der Waals surface area (Å²) in [7, 11) is 0. The fraction of sp³-hybridized carbons (Fsp3) is 0.333. The number of hydrogen-bond acceptors (Lipinski definition) is 3. The van der Waals surface area contributed by atoms with Crippen LogP contribution in [0.1, 0.15) is 24.7 Å². The van der Waals surface area contributed by atoms with Gasteiger partial charge in [-0.25, -0.2) is 4.39 Å². The van der Waals surface area contributed by atoms with Gasteiger partial charge in [-0.15, -0.1) is 10.2 Å². The first-order valence-electron chi connectivity index (χ1n) is 5.70. The third-order valence-corrected chi connectivity index (χ3v) is 3.30. The number of aromatic nitrogens is 3. The molecule has 0 bridgehead atoms. The molecule has 4 nitrogen and oxygen atoms in total. The van der Waals surface area contributed by atoms with Gasteiger partial charge in [0.15, 0.2) is 11.6 Å². The van der Waals surface area contributed by atoms with Crippen LogP contribution in [-0.4, -0.2) is 19.9 Å². The highest BCUT2D eigenvalue weighted by atomic mass is 35.5. The van der Waals surface area contributed by atoms with Crippen LogP contribution in [0.15, 0.2) is 18.2 Å². The maximum Gasteiger partial charge on any atom is 0.165 e. The van der Waals surface area contributed by atoms with E-state index in [1.54, 1.807) is 6.07 Å². The summed E-state index contributed by atoms with van der Waals surface area (Å²) in [6, 6.07) is 4.49. The van der Waals surface area contributed by atoms with E-state index in [9.17, 15) is 9.50 Å². The largest absolute Gasteiger partial charge is 0.388 e. The van der Waals surface area contributed by atoms with Crippen LogP contribution >= 0.6 is 11.6 Å². The molecule has 0 amide bonds. The summed E-state index contributed by atoms with van der Waals surface area (Å²) < 4.78 is 14.9. The first-order valence-corrected chi connectivity index (χ1v) is 6.08. The van der Waals surface area contributed by atoms with Crippen molar-refractivity contribution in [3.8, 4) is 11.4 Å². The molecule has 1 aromatic heterocycles. The number of halogens is 2. The molecule has 0 aliphatic heterocycles. The van der Waals surface area contributed by atoms with Crippen LogP contribution in [0, 0.1) is 5.82 Å². The lowest BCUT2D eigenvalue weighted by molar-refractivity contribution is 0.265. The number of nitrogens with zero attached hydrogens (tertiary/aromatic N) is 3. The van der Waals surface area contributed by atoms with E-state index in [4.69, 9.17) is 11.6 Å². The molecule has 0 radical (unpaired) electrons. The zero-order chi connectivity index (χ0) is 12.7. The number of hydrogen-bond donors (Lipinski definition) is 1. The topological polar surface area (TPSA) is 50.9 Å². The van der Waals surface area contributed by atoms with E-state index in [2.05, 4.69) is 10.2 Å². The molecule has 0 unspecified atom stereocenters. The highest BCUT2D eigenvalue weighted by Crippen LogP contribution is 2.40. The summed E-state index contributed by atoms with van der Waals surface area (Å²) >= 11 is 6.03. The van der Waals surface area contributed by atoms with Gasteiger partial charge in [-0.2, -0.15) is 0 Å². The van der Waals surface area contributed by atoms with Crippen LogP contribution in [0.25, 0.3) is 11.4 Å². The highest BCUT2D eigenvalue weighted by molar-refractivity contribution is 6.33. The summed E-state index contributed by atoms with van der Waals surface area (Å²) in [5, 5.41) is 17.6. The lowest BCUT2D eigenvalue weighted by atomic mass is 10.2. The Bertz CT molecular complexity index is 595. The molecule has 1 saturated carbocycles. The van der Waals surface area contributed by atoms with Gasteiger partial charge in [0.05, 0.1) is 5.02 Å². The maximum atomic E-state index is 13.0. The van der Waals surface area contributed by atoms with Crippen molar-refractivity contribution in [3.63, 3.8) is 0 Å². The smallest absolute Gasteiger partial charge is 0.165 e. The van der Waals surface area contributed by atoms with Crippen LogP contribution in [0.2, 0.25) is 5.02 Å². The van der Waals surface area contributed by atoms with Crippen molar-refractivity contribution in [3.05, 3.63) is 34.9 Å². The molecular weight excluding hydrogens is 257 g/mol. The molecule has 6 heteroatoms. The van der Waals surface area contributed by atoms with Crippen molar-refractivity contribution in [1.82, 2.24) is 14.8 Å². The molecule has 2 aromatic rings. The fourth-order valence-corrected chi connectivity index (χ4v) is 2.25. The van der Waals surface area contributed by atoms with Crippen molar-refractivity contribution < 1.29 is 9.50 Å². The second-order valence-electron chi connectivity index (χ2n) is 4.32. The average Bonchev–Trinajstić information content (AvgIpc) is 3.09. The molecule has 0 spiro atoms. The minimum Gasteiger partial charge on any atom is -0.388 e. The Morgan fingerprint density at radius 1 is 1.39 bits per heavy atom. The van der Waals surface area contributed by atoms with Gasteiger partial charge in [0, 0.05) is 11.6 Å². The second-order valence-corrected chi connectivity index (χ2v) is 4.73. The quantitative estimate of drug-likeness (QED) is 0.930. The lowest BCUT2D eigenvalue weighted by Gasteiger charge is -2.08. The number of rotatable bonds is 3. The average molecular weight is 268 g/mol. The first kappa shape index (κ1) is 11.6. The molecule has 94 valence electrons. The van der Waals surface area contributed by atoms with Crippen molar-refractivity contribution in [2.24, 2.45) is 0 Å². The van der Waals surface area contributed by atoms with Gasteiger partial charge in [0.1, 0.15) is 12.4 Å². The Balaban J connectivity index is 2.13. The normalized spacial score (nSPS) is 15.1. The minimum absolute atomic E-state index is 0.164. The SMILES string of the molecule is OCc1nnc(-c2ccc(F)cc2Cl)n1C1CC1. The van der Waals surface area contributed by atoms with E-state index in [1.165, 1.54) is 12.1 Å². The monoisotopic (exact) mass is 267 g/mol. The molecule has 0 atom stereocenters. The van der Waals surface area contributed by atoms with Crippen LogP contribution < -0.4 is 0 Å². The van der Waals surface area contributed by atoms with Crippen LogP contribution in [-0.2, 0) is 6.61 Å². The van der Waals surface area contributed by atoms with Gasteiger partial charge < -0.3 is 9.67 Å². The number of aliphatic hydroxyl groups excluding tert-OH is 1. The Kier molecular flexibility index (Phi) is 2.80. The number of benzene rings is 1. The fourth-order valence-electron chi connectivity index (χ4n) is 2.00. The second kappa shape index (κ2) is 4.33. The molecule has 0 saturated heterocycles. The Hall–Kier alpha value is -1.46. The summed E-state index contributed by atoms with van der Waals surface area (Å²) in [5.41, 5.74) is 0.636. The van der Waals surface area contributed by atoms with E-state index >= 15 is 0 Å². The molecular formula is C12H11ClFN3O. The third-order valence-electron chi connectivity index (χ3n) is 2.99. The molecule has 1 aromatic carbocycles. The van der Waals surface area contributed by atoms with E-state index < -0.39 is 0 Å². The zero-order valence-electron chi connectivity index (χ0n) is 9.48. The van der Waals surface area contributed by atoms with Gasteiger partial charge in [0.2, 0.25) is 0 Å². The molecule has 1 aliphatic rings. The van der Waals surface area contributed by atoms with Gasteiger partial charge >= 0.3 is 0 Å². The Labute approximate surface area is 108 Å². The van der Waals surface area contributed by atoms with Crippen LogP contribution in [0.3, 0.4) is 0 Å². The zero-order valence-corrected chi connectivity index (χ0v) is 10.2. The number of aliphatic hydroxyl groups is 1. The van der Waals surface area contributed by atoms with Crippen molar-refractivity contribution in [2.45, 2.75) is 25.5 Å². The molecule has 1 heterocycles. The van der Waals surface area contributed by atoms with Crippen molar-refractivity contribution in [2.75, 3.05) is 0 Å². The highest BCUT2D eigenvalue weighted by Gasteiger charge is 2.30. The van der Waals surface area contributed by atoms with E-state index in [0.29, 0.717) is 28.3 Å². The van der Waals surface area contributed by atoms with E-state index in [-0.39, 0.29) is 12.4 Å². The molecule has 3 rings (SSSR count). The molecule has 18 heavy (non-hydrogen) atoms. The molecule has 1 aliphatic carbocycles. The van der Waals surface area contributed by atoms with E-state index in [0.717, 1.165) is 12.8 Å². The van der Waals surface area contributed by atoms with Gasteiger partial charge in [-0.3, -0.25) is 0 Å². The van der Waals surface area contributed by atoms with Crippen molar-refractivity contribution >= 4 is 11.6 Å². The Morgan fingerprint density at radius 3 is 2.78 bits per heavy atom. The summed E-state index contributed by atoms with van der Waals surface area (Å²) in [6.07, 6.45) is 2.08.